The van der Waals surface area contributed by atoms with E-state index >= 15 is 0 Å². The van der Waals surface area contributed by atoms with Crippen LogP contribution in [0.2, 0.25) is 5.02 Å². The first-order valence-corrected chi connectivity index (χ1v) is 7.68. The molecule has 0 spiro atoms. The number of nitrogens with one attached hydrogen (secondary N) is 1. The molecule has 0 aliphatic carbocycles. The van der Waals surface area contributed by atoms with Gasteiger partial charge in [-0.3, -0.25) is 14.9 Å². The highest BCUT2D eigenvalue weighted by Gasteiger charge is 2.24. The predicted molar refractivity (Wildman–Crippen MR) is 89.8 cm³/mol. The van der Waals surface area contributed by atoms with Crippen LogP contribution in [0.5, 0.6) is 0 Å². The largest absolute Gasteiger partial charge is 0.480 e. The molecule has 2 N–H and O–H groups in total. The molecule has 2 rings (SSSR count). The lowest BCUT2D eigenvalue weighted by atomic mass is 10.0. The molecule has 0 saturated carbocycles. The highest BCUT2D eigenvalue weighted by Crippen LogP contribution is 2.19. The first kappa shape index (κ1) is 17.2. The summed E-state index contributed by atoms with van der Waals surface area (Å²) in [6.45, 7) is 1.87. The Morgan fingerprint density at radius 3 is 2.30 bits per heavy atom. The van der Waals surface area contributed by atoms with E-state index in [9.17, 15) is 14.7 Å². The molecule has 120 valence electrons. The molecule has 2 aromatic rings. The first-order chi connectivity index (χ1) is 11.0. The number of carboxylic acid groups (broad SMARTS) is 1. The van der Waals surface area contributed by atoms with Crippen LogP contribution in [0, 0.1) is 0 Å². The maximum absolute atomic E-state index is 12.3. The van der Waals surface area contributed by atoms with Gasteiger partial charge in [0.05, 0.1) is 5.02 Å². The normalized spacial score (nSPS) is 13.3. The number of carboxylic acids is 1. The molecule has 0 aliphatic rings. The number of rotatable bonds is 7. The van der Waals surface area contributed by atoms with Gasteiger partial charge in [0.1, 0.15) is 6.04 Å². The maximum atomic E-state index is 12.3. The predicted octanol–water partition coefficient (Wildman–Crippen LogP) is 3.72. The van der Waals surface area contributed by atoms with Crippen molar-refractivity contribution in [3.63, 3.8) is 0 Å². The minimum atomic E-state index is -1.06. The smallest absolute Gasteiger partial charge is 0.321 e. The van der Waals surface area contributed by atoms with Crippen LogP contribution in [0.1, 0.15) is 35.3 Å². The van der Waals surface area contributed by atoms with Gasteiger partial charge in [0, 0.05) is 18.0 Å². The van der Waals surface area contributed by atoms with Gasteiger partial charge in [0.15, 0.2) is 5.78 Å². The molecule has 2 atom stereocenters. The average molecular weight is 332 g/mol. The van der Waals surface area contributed by atoms with E-state index in [-0.39, 0.29) is 18.2 Å². The zero-order valence-electron chi connectivity index (χ0n) is 12.7. The molecule has 23 heavy (non-hydrogen) atoms. The van der Waals surface area contributed by atoms with Gasteiger partial charge in [-0.15, -0.1) is 0 Å². The third kappa shape index (κ3) is 4.65. The molecule has 0 bridgehead atoms. The zero-order chi connectivity index (χ0) is 16.8. The highest BCUT2D eigenvalue weighted by molar-refractivity contribution is 6.34. The topological polar surface area (TPSA) is 66.4 Å². The van der Waals surface area contributed by atoms with Gasteiger partial charge in [-0.05, 0) is 24.6 Å². The summed E-state index contributed by atoms with van der Waals surface area (Å²) < 4.78 is 0. The Morgan fingerprint density at radius 1 is 1.09 bits per heavy atom. The third-order valence-electron chi connectivity index (χ3n) is 3.61. The summed E-state index contributed by atoms with van der Waals surface area (Å²) in [5.41, 5.74) is 1.30. The molecule has 0 aromatic heterocycles. The molecule has 0 amide bonds. The average Bonchev–Trinajstić information content (AvgIpc) is 2.55. The standard InChI is InChI=1S/C18H18ClNO3/c1-12(13-7-3-2-4-8-13)20-16(18(22)23)11-17(21)14-9-5-6-10-15(14)19/h2-10,12,16,20H,11H2,1H3,(H,22,23)/t12-,16?/m0/s1. The fourth-order valence-electron chi connectivity index (χ4n) is 2.34. The molecule has 1 unspecified atom stereocenters. The molecule has 4 nitrogen and oxygen atoms in total. The van der Waals surface area contributed by atoms with Gasteiger partial charge in [0.25, 0.3) is 0 Å². The number of carbonyl (C=O) groups excluding carboxylic acids is 1. The van der Waals surface area contributed by atoms with E-state index in [2.05, 4.69) is 5.32 Å². The molecule has 0 aliphatic heterocycles. The van der Waals surface area contributed by atoms with Crippen molar-refractivity contribution < 1.29 is 14.7 Å². The van der Waals surface area contributed by atoms with Gasteiger partial charge in [-0.1, -0.05) is 54.1 Å². The molecule has 5 heteroatoms. The Bertz CT molecular complexity index is 688. The van der Waals surface area contributed by atoms with Gasteiger partial charge in [0.2, 0.25) is 0 Å². The van der Waals surface area contributed by atoms with Crippen molar-refractivity contribution in [2.24, 2.45) is 0 Å². The van der Waals surface area contributed by atoms with E-state index in [0.717, 1.165) is 5.56 Å². The van der Waals surface area contributed by atoms with Crippen molar-refractivity contribution in [1.29, 1.82) is 0 Å². The number of hydrogen-bond acceptors (Lipinski definition) is 3. The summed E-state index contributed by atoms with van der Waals surface area (Å²) in [5, 5.41) is 12.7. The molecular weight excluding hydrogens is 314 g/mol. The van der Waals surface area contributed by atoms with E-state index in [1.165, 1.54) is 0 Å². The van der Waals surface area contributed by atoms with Crippen molar-refractivity contribution in [1.82, 2.24) is 5.32 Å². The summed E-state index contributed by atoms with van der Waals surface area (Å²) in [5.74, 6) is -1.36. The Hall–Kier alpha value is -2.17. The second kappa shape index (κ2) is 7.90. The molecule has 0 fully saturated rings. The summed E-state index contributed by atoms with van der Waals surface area (Å²) in [4.78, 5) is 23.8. The number of carbonyl (C=O) groups is 2. The van der Waals surface area contributed by atoms with Crippen LogP contribution in [-0.4, -0.2) is 22.9 Å². The van der Waals surface area contributed by atoms with E-state index in [1.54, 1.807) is 24.3 Å². The number of ketones is 1. The van der Waals surface area contributed by atoms with Crippen LogP contribution in [0.15, 0.2) is 54.6 Å². The van der Waals surface area contributed by atoms with Crippen LogP contribution in [0.3, 0.4) is 0 Å². The number of benzene rings is 2. The fourth-order valence-corrected chi connectivity index (χ4v) is 2.58. The number of aliphatic carboxylic acids is 1. The second-order valence-electron chi connectivity index (χ2n) is 5.30. The third-order valence-corrected chi connectivity index (χ3v) is 3.94. The Balaban J connectivity index is 2.09. The van der Waals surface area contributed by atoms with Crippen molar-refractivity contribution in [3.05, 3.63) is 70.7 Å². The zero-order valence-corrected chi connectivity index (χ0v) is 13.5. The lowest BCUT2D eigenvalue weighted by Gasteiger charge is -2.20. The van der Waals surface area contributed by atoms with Gasteiger partial charge >= 0.3 is 5.97 Å². The highest BCUT2D eigenvalue weighted by atomic mass is 35.5. The summed E-state index contributed by atoms with van der Waals surface area (Å²) >= 11 is 6.00. The summed E-state index contributed by atoms with van der Waals surface area (Å²) in [6.07, 6.45) is -0.157. The van der Waals surface area contributed by atoms with Crippen LogP contribution in [-0.2, 0) is 4.79 Å². The quantitative estimate of drug-likeness (QED) is 0.759. The van der Waals surface area contributed by atoms with E-state index in [4.69, 9.17) is 11.6 Å². The molecule has 2 aromatic carbocycles. The van der Waals surface area contributed by atoms with Crippen LogP contribution >= 0.6 is 11.6 Å². The number of halogens is 1. The summed E-state index contributed by atoms with van der Waals surface area (Å²) in [7, 11) is 0. The van der Waals surface area contributed by atoms with Gasteiger partial charge in [-0.2, -0.15) is 0 Å². The number of hydrogen-bond donors (Lipinski definition) is 2. The van der Waals surface area contributed by atoms with Crippen molar-refractivity contribution >= 4 is 23.4 Å². The number of Topliss-reactive ketones (excluding diaryl/α,β-unsaturated/α-hetero) is 1. The molecular formula is C18H18ClNO3. The molecule has 0 radical (unpaired) electrons. The van der Waals surface area contributed by atoms with Crippen molar-refractivity contribution in [2.45, 2.75) is 25.4 Å². The van der Waals surface area contributed by atoms with Crippen LogP contribution in [0.25, 0.3) is 0 Å². The Labute approximate surface area is 140 Å². The SMILES string of the molecule is C[C@H](NC(CC(=O)c1ccccc1Cl)C(=O)O)c1ccccc1. The van der Waals surface area contributed by atoms with Crippen LogP contribution in [0.4, 0.5) is 0 Å². The minimum Gasteiger partial charge on any atom is -0.480 e. The maximum Gasteiger partial charge on any atom is 0.321 e. The molecule has 0 heterocycles. The minimum absolute atomic E-state index is 0.157. The Kier molecular flexibility index (Phi) is 5.90. The van der Waals surface area contributed by atoms with Crippen molar-refractivity contribution in [2.75, 3.05) is 0 Å². The first-order valence-electron chi connectivity index (χ1n) is 7.30. The van der Waals surface area contributed by atoms with E-state index in [0.29, 0.717) is 10.6 Å². The van der Waals surface area contributed by atoms with Crippen LogP contribution < -0.4 is 5.32 Å². The van der Waals surface area contributed by atoms with Crippen molar-refractivity contribution in [3.8, 4) is 0 Å². The van der Waals surface area contributed by atoms with E-state index in [1.807, 2.05) is 37.3 Å². The second-order valence-corrected chi connectivity index (χ2v) is 5.70. The monoisotopic (exact) mass is 331 g/mol. The van der Waals surface area contributed by atoms with Gasteiger partial charge < -0.3 is 5.11 Å². The van der Waals surface area contributed by atoms with Gasteiger partial charge in [-0.25, -0.2) is 0 Å². The van der Waals surface area contributed by atoms with E-state index < -0.39 is 12.0 Å². The lowest BCUT2D eigenvalue weighted by molar-refractivity contribution is -0.139. The summed E-state index contributed by atoms with van der Waals surface area (Å²) in [6, 6.07) is 15.0. The molecule has 0 saturated heterocycles. The fraction of sp³-hybridized carbons (Fsp3) is 0.222. The Morgan fingerprint density at radius 2 is 1.70 bits per heavy atom. The lowest BCUT2D eigenvalue weighted by Crippen LogP contribution is -2.40.